The molecule has 0 unspecified atom stereocenters. The van der Waals surface area contributed by atoms with Crippen LogP contribution in [0.4, 0.5) is 5.69 Å². The highest BCUT2D eigenvalue weighted by atomic mass is 16.5. The Morgan fingerprint density at radius 1 is 1.50 bits per heavy atom. The van der Waals surface area contributed by atoms with E-state index in [9.17, 15) is 4.79 Å². The fourth-order valence-electron chi connectivity index (χ4n) is 2.10. The van der Waals surface area contributed by atoms with E-state index in [4.69, 9.17) is 9.84 Å². The number of nitrogens with zero attached hydrogens (tertiary/aromatic N) is 1. The Morgan fingerprint density at radius 3 is 2.94 bits per heavy atom. The van der Waals surface area contributed by atoms with Crippen molar-refractivity contribution in [2.75, 3.05) is 31.7 Å². The van der Waals surface area contributed by atoms with E-state index in [-0.39, 0.29) is 0 Å². The number of carbonyl (C=O) groups is 1. The molecule has 4 heteroatoms. The summed E-state index contributed by atoms with van der Waals surface area (Å²) in [4.78, 5) is 13.1. The van der Waals surface area contributed by atoms with Crippen LogP contribution in [0.5, 0.6) is 0 Å². The van der Waals surface area contributed by atoms with Gasteiger partial charge in [0.15, 0.2) is 0 Å². The maximum absolute atomic E-state index is 10.9. The molecule has 1 heterocycles. The fourth-order valence-corrected chi connectivity index (χ4v) is 2.10. The minimum atomic E-state index is -0.885. The summed E-state index contributed by atoms with van der Waals surface area (Å²) >= 11 is 0. The minimum Gasteiger partial charge on any atom is -0.478 e. The van der Waals surface area contributed by atoms with Crippen molar-refractivity contribution in [1.29, 1.82) is 0 Å². The molecule has 2 rings (SSSR count). The first-order chi connectivity index (χ1) is 8.70. The van der Waals surface area contributed by atoms with Gasteiger partial charge < -0.3 is 14.7 Å². The molecule has 1 aliphatic heterocycles. The van der Waals surface area contributed by atoms with Gasteiger partial charge >= 0.3 is 5.97 Å². The van der Waals surface area contributed by atoms with Crippen LogP contribution in [-0.4, -0.2) is 37.9 Å². The topological polar surface area (TPSA) is 49.8 Å². The molecule has 1 N–H and O–H groups in total. The summed E-state index contributed by atoms with van der Waals surface area (Å²) in [6.45, 7) is 2.39. The van der Waals surface area contributed by atoms with Crippen LogP contribution in [0.25, 0.3) is 0 Å². The summed E-state index contributed by atoms with van der Waals surface area (Å²) in [7, 11) is 1.70. The average Bonchev–Trinajstić information content (AvgIpc) is 2.40. The molecule has 0 aliphatic carbocycles. The average molecular weight is 247 g/mol. The fraction of sp³-hybridized carbons (Fsp3) is 0.357. The summed E-state index contributed by atoms with van der Waals surface area (Å²) in [6.07, 6.45) is 3.12. The maximum Gasteiger partial charge on any atom is 0.335 e. The standard InChI is InChI=1S/C14H17NO3/c1-18-10-11-5-7-15(8-6-11)13-4-2-3-12(9-13)14(16)17/h2-5,9H,6-8,10H2,1H3,(H,16,17). The third kappa shape index (κ3) is 2.90. The van der Waals surface area contributed by atoms with Crippen molar-refractivity contribution in [3.05, 3.63) is 41.5 Å². The Bertz CT molecular complexity index is 468. The van der Waals surface area contributed by atoms with Crippen molar-refractivity contribution in [2.45, 2.75) is 6.42 Å². The molecule has 0 fully saturated rings. The number of carboxylic acids is 1. The van der Waals surface area contributed by atoms with Crippen molar-refractivity contribution in [3.63, 3.8) is 0 Å². The number of hydrogen-bond donors (Lipinski definition) is 1. The predicted molar refractivity (Wildman–Crippen MR) is 70.2 cm³/mol. The van der Waals surface area contributed by atoms with Crippen molar-refractivity contribution >= 4 is 11.7 Å². The number of benzene rings is 1. The molecular formula is C14H17NO3. The van der Waals surface area contributed by atoms with Gasteiger partial charge in [-0.25, -0.2) is 4.79 Å². The van der Waals surface area contributed by atoms with Gasteiger partial charge in [0, 0.05) is 25.9 Å². The third-order valence-electron chi connectivity index (χ3n) is 3.09. The van der Waals surface area contributed by atoms with E-state index in [1.807, 2.05) is 6.07 Å². The lowest BCUT2D eigenvalue weighted by Crippen LogP contribution is -2.29. The highest BCUT2D eigenvalue weighted by Crippen LogP contribution is 2.21. The molecule has 0 aromatic heterocycles. The highest BCUT2D eigenvalue weighted by molar-refractivity contribution is 5.88. The van der Waals surface area contributed by atoms with Gasteiger partial charge in [-0.05, 0) is 30.2 Å². The molecule has 0 saturated carbocycles. The van der Waals surface area contributed by atoms with Crippen LogP contribution < -0.4 is 4.90 Å². The summed E-state index contributed by atoms with van der Waals surface area (Å²) in [6, 6.07) is 7.06. The van der Waals surface area contributed by atoms with Crippen LogP contribution in [0.3, 0.4) is 0 Å². The Hall–Kier alpha value is -1.81. The molecule has 0 spiro atoms. The summed E-state index contributed by atoms with van der Waals surface area (Å²) in [5, 5.41) is 8.97. The summed E-state index contributed by atoms with van der Waals surface area (Å²) < 4.78 is 5.11. The summed E-state index contributed by atoms with van der Waals surface area (Å²) in [5.41, 5.74) is 2.60. The normalized spacial score (nSPS) is 15.4. The number of aromatic carboxylic acids is 1. The number of ether oxygens (including phenoxy) is 1. The Labute approximate surface area is 106 Å². The van der Waals surface area contributed by atoms with Gasteiger partial charge in [0.05, 0.1) is 12.2 Å². The highest BCUT2D eigenvalue weighted by Gasteiger charge is 2.13. The molecule has 1 aromatic rings. The first-order valence-electron chi connectivity index (χ1n) is 5.96. The molecule has 1 aliphatic rings. The van der Waals surface area contributed by atoms with Crippen LogP contribution in [-0.2, 0) is 4.74 Å². The Morgan fingerprint density at radius 2 is 2.33 bits per heavy atom. The van der Waals surface area contributed by atoms with Crippen molar-refractivity contribution in [2.24, 2.45) is 0 Å². The SMILES string of the molecule is COCC1=CCN(c2cccc(C(=O)O)c2)CC1. The largest absolute Gasteiger partial charge is 0.478 e. The second kappa shape index (κ2) is 5.69. The lowest BCUT2D eigenvalue weighted by molar-refractivity contribution is 0.0697. The van der Waals surface area contributed by atoms with Crippen molar-refractivity contribution in [1.82, 2.24) is 0 Å². The van der Waals surface area contributed by atoms with E-state index < -0.39 is 5.97 Å². The third-order valence-corrected chi connectivity index (χ3v) is 3.09. The summed E-state index contributed by atoms with van der Waals surface area (Å²) in [5.74, 6) is -0.885. The van der Waals surface area contributed by atoms with Gasteiger partial charge in [0.25, 0.3) is 0 Å². The second-order valence-corrected chi connectivity index (χ2v) is 4.35. The van der Waals surface area contributed by atoms with Gasteiger partial charge in [-0.15, -0.1) is 0 Å². The van der Waals surface area contributed by atoms with Gasteiger partial charge in [-0.2, -0.15) is 0 Å². The van der Waals surface area contributed by atoms with Crippen LogP contribution in [0.15, 0.2) is 35.9 Å². The van der Waals surface area contributed by atoms with E-state index in [0.717, 1.165) is 25.2 Å². The zero-order chi connectivity index (χ0) is 13.0. The number of anilines is 1. The van der Waals surface area contributed by atoms with Crippen molar-refractivity contribution in [3.8, 4) is 0 Å². The van der Waals surface area contributed by atoms with E-state index in [0.29, 0.717) is 12.2 Å². The smallest absolute Gasteiger partial charge is 0.335 e. The maximum atomic E-state index is 10.9. The van der Waals surface area contributed by atoms with E-state index >= 15 is 0 Å². The van der Waals surface area contributed by atoms with Crippen LogP contribution in [0, 0.1) is 0 Å². The number of carboxylic acid groups (broad SMARTS) is 1. The number of methoxy groups -OCH3 is 1. The zero-order valence-electron chi connectivity index (χ0n) is 10.4. The molecule has 0 saturated heterocycles. The lowest BCUT2D eigenvalue weighted by Gasteiger charge is -2.28. The van der Waals surface area contributed by atoms with E-state index in [2.05, 4.69) is 11.0 Å². The van der Waals surface area contributed by atoms with Crippen LogP contribution >= 0.6 is 0 Å². The van der Waals surface area contributed by atoms with E-state index in [1.165, 1.54) is 5.57 Å². The molecule has 0 radical (unpaired) electrons. The molecular weight excluding hydrogens is 230 g/mol. The quantitative estimate of drug-likeness (QED) is 0.828. The molecule has 0 amide bonds. The Balaban J connectivity index is 2.09. The molecule has 4 nitrogen and oxygen atoms in total. The zero-order valence-corrected chi connectivity index (χ0v) is 10.4. The van der Waals surface area contributed by atoms with Gasteiger partial charge in [0.2, 0.25) is 0 Å². The number of rotatable bonds is 4. The predicted octanol–water partition coefficient (Wildman–Crippen LogP) is 2.17. The molecule has 0 bridgehead atoms. The first kappa shape index (κ1) is 12.6. The molecule has 0 atom stereocenters. The Kier molecular flexibility index (Phi) is 3.99. The molecule has 18 heavy (non-hydrogen) atoms. The van der Waals surface area contributed by atoms with Crippen LogP contribution in [0.1, 0.15) is 16.8 Å². The molecule has 1 aromatic carbocycles. The van der Waals surface area contributed by atoms with E-state index in [1.54, 1.807) is 25.3 Å². The van der Waals surface area contributed by atoms with Gasteiger partial charge in [-0.3, -0.25) is 0 Å². The van der Waals surface area contributed by atoms with Gasteiger partial charge in [0.1, 0.15) is 0 Å². The molecule has 96 valence electrons. The monoisotopic (exact) mass is 247 g/mol. The lowest BCUT2D eigenvalue weighted by atomic mass is 10.1. The number of hydrogen-bond acceptors (Lipinski definition) is 3. The first-order valence-corrected chi connectivity index (χ1v) is 5.96. The van der Waals surface area contributed by atoms with Gasteiger partial charge in [-0.1, -0.05) is 12.1 Å². The minimum absolute atomic E-state index is 0.333. The van der Waals surface area contributed by atoms with Crippen LogP contribution in [0.2, 0.25) is 0 Å². The second-order valence-electron chi connectivity index (χ2n) is 4.35. The van der Waals surface area contributed by atoms with Crippen molar-refractivity contribution < 1.29 is 14.6 Å².